The SMILES string of the molecule is Cc1[nH]ncc1CNC(=O)c1ccc(O)c(O)c1. The summed E-state index contributed by atoms with van der Waals surface area (Å²) in [5.41, 5.74) is 2.07. The number of rotatable bonds is 3. The molecule has 0 fully saturated rings. The number of H-pyrrole nitrogens is 1. The van der Waals surface area contributed by atoms with Crippen LogP contribution in [0.4, 0.5) is 0 Å². The zero-order chi connectivity index (χ0) is 13.1. The van der Waals surface area contributed by atoms with E-state index in [4.69, 9.17) is 5.11 Å². The first-order chi connectivity index (χ1) is 8.58. The molecule has 1 aromatic heterocycles. The van der Waals surface area contributed by atoms with Crippen LogP contribution in [0.5, 0.6) is 11.5 Å². The predicted molar refractivity (Wildman–Crippen MR) is 64.3 cm³/mol. The van der Waals surface area contributed by atoms with E-state index in [0.717, 1.165) is 11.3 Å². The summed E-state index contributed by atoms with van der Waals surface area (Å²) in [6.45, 7) is 2.21. The smallest absolute Gasteiger partial charge is 0.251 e. The lowest BCUT2D eigenvalue weighted by atomic mass is 10.2. The highest BCUT2D eigenvalue weighted by Gasteiger charge is 2.09. The van der Waals surface area contributed by atoms with Gasteiger partial charge in [-0.1, -0.05) is 0 Å². The average Bonchev–Trinajstić information content (AvgIpc) is 2.75. The summed E-state index contributed by atoms with van der Waals surface area (Å²) in [7, 11) is 0. The van der Waals surface area contributed by atoms with Gasteiger partial charge in [-0.3, -0.25) is 9.89 Å². The summed E-state index contributed by atoms with van der Waals surface area (Å²) in [6.07, 6.45) is 1.64. The largest absolute Gasteiger partial charge is 0.504 e. The fraction of sp³-hybridized carbons (Fsp3) is 0.167. The molecule has 2 aromatic rings. The molecule has 0 radical (unpaired) electrons. The third-order valence-corrected chi connectivity index (χ3v) is 2.61. The molecule has 0 atom stereocenters. The van der Waals surface area contributed by atoms with Gasteiger partial charge in [-0.25, -0.2) is 0 Å². The second kappa shape index (κ2) is 4.79. The maximum Gasteiger partial charge on any atom is 0.251 e. The van der Waals surface area contributed by atoms with Crippen molar-refractivity contribution >= 4 is 5.91 Å². The van der Waals surface area contributed by atoms with Crippen molar-refractivity contribution in [2.24, 2.45) is 0 Å². The molecule has 1 amide bonds. The van der Waals surface area contributed by atoms with E-state index >= 15 is 0 Å². The van der Waals surface area contributed by atoms with E-state index in [1.807, 2.05) is 6.92 Å². The second-order valence-corrected chi connectivity index (χ2v) is 3.91. The monoisotopic (exact) mass is 247 g/mol. The predicted octanol–water partition coefficient (Wildman–Crippen LogP) is 1.06. The standard InChI is InChI=1S/C12H13N3O3/c1-7-9(6-14-15-7)5-13-12(18)8-2-3-10(16)11(17)4-8/h2-4,6,16-17H,5H2,1H3,(H,13,18)(H,14,15). The van der Waals surface area contributed by atoms with Gasteiger partial charge in [-0.05, 0) is 25.1 Å². The summed E-state index contributed by atoms with van der Waals surface area (Å²) in [5.74, 6) is -0.898. The van der Waals surface area contributed by atoms with Crippen LogP contribution in [0.2, 0.25) is 0 Å². The molecule has 0 saturated heterocycles. The van der Waals surface area contributed by atoms with Crippen molar-refractivity contribution in [3.8, 4) is 11.5 Å². The van der Waals surface area contributed by atoms with Crippen molar-refractivity contribution in [1.29, 1.82) is 0 Å². The molecule has 6 heteroatoms. The minimum atomic E-state index is -0.328. The lowest BCUT2D eigenvalue weighted by Crippen LogP contribution is -2.22. The number of hydrogen-bond donors (Lipinski definition) is 4. The van der Waals surface area contributed by atoms with Gasteiger partial charge in [0.2, 0.25) is 0 Å². The maximum absolute atomic E-state index is 11.8. The van der Waals surface area contributed by atoms with Crippen LogP contribution >= 0.6 is 0 Å². The molecule has 94 valence electrons. The van der Waals surface area contributed by atoms with Gasteiger partial charge in [0.15, 0.2) is 11.5 Å². The molecule has 18 heavy (non-hydrogen) atoms. The van der Waals surface area contributed by atoms with Gasteiger partial charge in [0.05, 0.1) is 6.20 Å². The summed E-state index contributed by atoms with van der Waals surface area (Å²) in [6, 6.07) is 3.92. The van der Waals surface area contributed by atoms with Crippen molar-refractivity contribution in [3.63, 3.8) is 0 Å². The number of carbonyl (C=O) groups is 1. The number of amides is 1. The quantitative estimate of drug-likeness (QED) is 0.609. The highest BCUT2D eigenvalue weighted by molar-refractivity contribution is 5.94. The topological polar surface area (TPSA) is 98.2 Å². The van der Waals surface area contributed by atoms with Crippen molar-refractivity contribution in [1.82, 2.24) is 15.5 Å². The van der Waals surface area contributed by atoms with E-state index in [-0.39, 0.29) is 23.0 Å². The number of phenolic OH excluding ortho intramolecular Hbond substituents is 2. The molecule has 0 bridgehead atoms. The van der Waals surface area contributed by atoms with Crippen LogP contribution in [-0.2, 0) is 6.54 Å². The van der Waals surface area contributed by atoms with Gasteiger partial charge in [0.1, 0.15) is 0 Å². The fourth-order valence-corrected chi connectivity index (χ4v) is 1.50. The molecule has 0 aliphatic heterocycles. The van der Waals surface area contributed by atoms with Crippen molar-refractivity contribution in [2.45, 2.75) is 13.5 Å². The number of nitrogens with zero attached hydrogens (tertiary/aromatic N) is 1. The van der Waals surface area contributed by atoms with Crippen LogP contribution in [0.25, 0.3) is 0 Å². The molecule has 6 nitrogen and oxygen atoms in total. The first-order valence-corrected chi connectivity index (χ1v) is 5.37. The first-order valence-electron chi connectivity index (χ1n) is 5.37. The highest BCUT2D eigenvalue weighted by Crippen LogP contribution is 2.24. The minimum absolute atomic E-state index is 0.253. The van der Waals surface area contributed by atoms with Gasteiger partial charge in [0, 0.05) is 23.4 Å². The van der Waals surface area contributed by atoms with Gasteiger partial charge in [-0.15, -0.1) is 0 Å². The Hall–Kier alpha value is -2.50. The van der Waals surface area contributed by atoms with Gasteiger partial charge < -0.3 is 15.5 Å². The second-order valence-electron chi connectivity index (χ2n) is 3.91. The van der Waals surface area contributed by atoms with Crippen LogP contribution in [0.3, 0.4) is 0 Å². The number of phenols is 2. The zero-order valence-electron chi connectivity index (χ0n) is 9.77. The Labute approximate surface area is 103 Å². The lowest BCUT2D eigenvalue weighted by molar-refractivity contribution is 0.0950. The summed E-state index contributed by atoms with van der Waals surface area (Å²) in [4.78, 5) is 11.8. The molecule has 0 saturated carbocycles. The van der Waals surface area contributed by atoms with E-state index in [1.165, 1.54) is 18.2 Å². The molecular formula is C12H13N3O3. The number of carbonyl (C=O) groups excluding carboxylic acids is 1. The van der Waals surface area contributed by atoms with E-state index in [2.05, 4.69) is 15.5 Å². The molecule has 4 N–H and O–H groups in total. The third-order valence-electron chi connectivity index (χ3n) is 2.61. The molecular weight excluding hydrogens is 234 g/mol. The van der Waals surface area contributed by atoms with E-state index in [1.54, 1.807) is 6.20 Å². The Morgan fingerprint density at radius 3 is 2.78 bits per heavy atom. The van der Waals surface area contributed by atoms with Crippen molar-refractivity contribution in [2.75, 3.05) is 0 Å². The number of aromatic amines is 1. The lowest BCUT2D eigenvalue weighted by Gasteiger charge is -2.05. The third kappa shape index (κ3) is 2.42. The highest BCUT2D eigenvalue weighted by atomic mass is 16.3. The number of aryl methyl sites for hydroxylation is 1. The molecule has 0 unspecified atom stereocenters. The number of aromatic nitrogens is 2. The van der Waals surface area contributed by atoms with Crippen LogP contribution in [-0.4, -0.2) is 26.3 Å². The number of hydrogen-bond acceptors (Lipinski definition) is 4. The Kier molecular flexibility index (Phi) is 3.18. The number of nitrogens with one attached hydrogen (secondary N) is 2. The molecule has 0 aliphatic carbocycles. The maximum atomic E-state index is 11.8. The average molecular weight is 247 g/mol. The molecule has 0 aliphatic rings. The zero-order valence-corrected chi connectivity index (χ0v) is 9.77. The van der Waals surface area contributed by atoms with Crippen LogP contribution in [0, 0.1) is 6.92 Å². The Morgan fingerprint density at radius 2 is 2.17 bits per heavy atom. The van der Waals surface area contributed by atoms with Crippen LogP contribution in [0.15, 0.2) is 24.4 Å². The molecule has 0 spiro atoms. The summed E-state index contributed by atoms with van der Waals surface area (Å²) in [5, 5.41) is 27.8. The first kappa shape index (κ1) is 12.0. The number of benzene rings is 1. The van der Waals surface area contributed by atoms with Gasteiger partial charge in [-0.2, -0.15) is 5.10 Å². The van der Waals surface area contributed by atoms with E-state index in [9.17, 15) is 9.90 Å². The van der Waals surface area contributed by atoms with Crippen molar-refractivity contribution < 1.29 is 15.0 Å². The van der Waals surface area contributed by atoms with E-state index in [0.29, 0.717) is 6.54 Å². The van der Waals surface area contributed by atoms with Gasteiger partial charge in [0.25, 0.3) is 5.91 Å². The number of aromatic hydroxyl groups is 2. The Morgan fingerprint density at radius 1 is 1.39 bits per heavy atom. The van der Waals surface area contributed by atoms with Crippen LogP contribution in [0.1, 0.15) is 21.6 Å². The Bertz CT molecular complexity index is 578. The molecule has 1 heterocycles. The van der Waals surface area contributed by atoms with Crippen LogP contribution < -0.4 is 5.32 Å². The van der Waals surface area contributed by atoms with Crippen molar-refractivity contribution in [3.05, 3.63) is 41.2 Å². The summed E-state index contributed by atoms with van der Waals surface area (Å²) >= 11 is 0. The molecule has 1 aromatic carbocycles. The molecule has 2 rings (SSSR count). The normalized spacial score (nSPS) is 10.3. The fourth-order valence-electron chi connectivity index (χ4n) is 1.50. The van der Waals surface area contributed by atoms with E-state index < -0.39 is 0 Å². The minimum Gasteiger partial charge on any atom is -0.504 e. The summed E-state index contributed by atoms with van der Waals surface area (Å²) < 4.78 is 0. The van der Waals surface area contributed by atoms with Gasteiger partial charge >= 0.3 is 0 Å². The Balaban J connectivity index is 2.04.